The lowest BCUT2D eigenvalue weighted by molar-refractivity contribution is 0.0683. The van der Waals surface area contributed by atoms with Gasteiger partial charge in [-0.05, 0) is 31.2 Å². The van der Waals surface area contributed by atoms with Crippen LogP contribution in [0, 0.1) is 11.6 Å². The van der Waals surface area contributed by atoms with Gasteiger partial charge in [0.1, 0.15) is 5.69 Å². The van der Waals surface area contributed by atoms with Gasteiger partial charge in [0, 0.05) is 12.1 Å². The van der Waals surface area contributed by atoms with Gasteiger partial charge in [0.05, 0.1) is 5.69 Å². The van der Waals surface area contributed by atoms with E-state index in [4.69, 9.17) is 5.11 Å². The fourth-order valence-corrected chi connectivity index (χ4v) is 1.63. The van der Waals surface area contributed by atoms with Gasteiger partial charge in [-0.3, -0.25) is 4.68 Å². The van der Waals surface area contributed by atoms with Crippen molar-refractivity contribution < 1.29 is 18.7 Å². The second-order valence-corrected chi connectivity index (χ2v) is 3.66. The van der Waals surface area contributed by atoms with Crippen molar-refractivity contribution >= 4 is 5.97 Å². The van der Waals surface area contributed by atoms with E-state index >= 15 is 0 Å². The molecule has 94 valence electrons. The lowest BCUT2D eigenvalue weighted by Gasteiger charge is -1.99. The minimum atomic E-state index is -1.11. The summed E-state index contributed by atoms with van der Waals surface area (Å²) >= 11 is 0. The van der Waals surface area contributed by atoms with Crippen LogP contribution >= 0.6 is 0 Å². The third-order valence-electron chi connectivity index (χ3n) is 2.51. The van der Waals surface area contributed by atoms with Crippen LogP contribution in [-0.4, -0.2) is 20.9 Å². The number of aryl methyl sites for hydroxylation is 1. The summed E-state index contributed by atoms with van der Waals surface area (Å²) in [6.07, 6.45) is 0. The molecule has 0 aliphatic rings. The van der Waals surface area contributed by atoms with Gasteiger partial charge in [0.15, 0.2) is 11.6 Å². The van der Waals surface area contributed by atoms with Crippen molar-refractivity contribution in [3.63, 3.8) is 0 Å². The second kappa shape index (κ2) is 4.56. The molecular formula is C12H10F2N2O2. The molecule has 4 nitrogen and oxygen atoms in total. The summed E-state index contributed by atoms with van der Waals surface area (Å²) in [5.41, 5.74) is 0.647. The largest absolute Gasteiger partial charge is 0.477 e. The van der Waals surface area contributed by atoms with Crippen molar-refractivity contribution in [2.75, 3.05) is 0 Å². The Morgan fingerprint density at radius 1 is 1.33 bits per heavy atom. The van der Waals surface area contributed by atoms with Crippen LogP contribution in [0.15, 0.2) is 24.3 Å². The lowest BCUT2D eigenvalue weighted by Crippen LogP contribution is -2.08. The molecule has 0 atom stereocenters. The van der Waals surface area contributed by atoms with Crippen molar-refractivity contribution in [2.24, 2.45) is 0 Å². The summed E-state index contributed by atoms with van der Waals surface area (Å²) in [6.45, 7) is 2.12. The zero-order chi connectivity index (χ0) is 13.3. The first-order valence-corrected chi connectivity index (χ1v) is 5.29. The van der Waals surface area contributed by atoms with Crippen molar-refractivity contribution in [3.8, 4) is 11.3 Å². The van der Waals surface area contributed by atoms with E-state index < -0.39 is 17.6 Å². The Balaban J connectivity index is 2.50. The first kappa shape index (κ1) is 12.2. The molecule has 0 aliphatic heterocycles. The number of aromatic nitrogens is 2. The highest BCUT2D eigenvalue weighted by molar-refractivity contribution is 5.87. The van der Waals surface area contributed by atoms with Gasteiger partial charge in [-0.1, -0.05) is 0 Å². The molecule has 18 heavy (non-hydrogen) atoms. The Hall–Kier alpha value is -2.24. The number of hydrogen-bond donors (Lipinski definition) is 1. The van der Waals surface area contributed by atoms with Crippen LogP contribution < -0.4 is 0 Å². The van der Waals surface area contributed by atoms with Gasteiger partial charge in [-0.15, -0.1) is 0 Å². The number of carboxylic acids is 1. The maximum absolute atomic E-state index is 13.1. The fourth-order valence-electron chi connectivity index (χ4n) is 1.63. The van der Waals surface area contributed by atoms with Crippen molar-refractivity contribution in [3.05, 3.63) is 41.6 Å². The summed E-state index contributed by atoms with van der Waals surface area (Å²) in [7, 11) is 0. The Morgan fingerprint density at radius 2 is 2.06 bits per heavy atom. The van der Waals surface area contributed by atoms with E-state index in [1.54, 1.807) is 6.92 Å². The van der Waals surface area contributed by atoms with Crippen molar-refractivity contribution in [2.45, 2.75) is 13.5 Å². The molecule has 0 aliphatic carbocycles. The highest BCUT2D eigenvalue weighted by Gasteiger charge is 2.15. The number of carboxylic acid groups (broad SMARTS) is 1. The van der Waals surface area contributed by atoms with Gasteiger partial charge in [0.2, 0.25) is 0 Å². The van der Waals surface area contributed by atoms with Crippen LogP contribution in [0.1, 0.15) is 17.4 Å². The Kier molecular flexibility index (Phi) is 3.10. The van der Waals surface area contributed by atoms with Gasteiger partial charge >= 0.3 is 5.97 Å². The molecule has 0 saturated carbocycles. The lowest BCUT2D eigenvalue weighted by atomic mass is 10.1. The van der Waals surface area contributed by atoms with Gasteiger partial charge < -0.3 is 5.11 Å². The quantitative estimate of drug-likeness (QED) is 0.913. The molecule has 2 aromatic rings. The van der Waals surface area contributed by atoms with Gasteiger partial charge in [0.25, 0.3) is 0 Å². The van der Waals surface area contributed by atoms with Gasteiger partial charge in [-0.25, -0.2) is 13.6 Å². The molecular weight excluding hydrogens is 242 g/mol. The van der Waals surface area contributed by atoms with E-state index in [0.29, 0.717) is 17.8 Å². The highest BCUT2D eigenvalue weighted by atomic mass is 19.2. The van der Waals surface area contributed by atoms with E-state index in [1.807, 2.05) is 0 Å². The molecule has 1 aromatic heterocycles. The number of aromatic carboxylic acids is 1. The third kappa shape index (κ3) is 2.09. The Bertz CT molecular complexity index is 608. The second-order valence-electron chi connectivity index (χ2n) is 3.66. The average molecular weight is 252 g/mol. The molecule has 0 saturated heterocycles. The summed E-state index contributed by atoms with van der Waals surface area (Å²) in [5, 5.41) is 13.0. The zero-order valence-electron chi connectivity index (χ0n) is 9.52. The standard InChI is InChI=1S/C12H10F2N2O2/c1-2-16-11(12(17)18)6-10(15-16)7-3-4-8(13)9(14)5-7/h3-6H,2H2,1H3,(H,17,18). The molecule has 0 unspecified atom stereocenters. The summed E-state index contributed by atoms with van der Waals surface area (Å²) in [6, 6.07) is 4.66. The first-order valence-electron chi connectivity index (χ1n) is 5.29. The molecule has 6 heteroatoms. The average Bonchev–Trinajstić information content (AvgIpc) is 2.77. The minimum Gasteiger partial charge on any atom is -0.477 e. The predicted octanol–water partition coefficient (Wildman–Crippen LogP) is 2.55. The van der Waals surface area contributed by atoms with Crippen molar-refractivity contribution in [1.82, 2.24) is 9.78 Å². The van der Waals surface area contributed by atoms with Gasteiger partial charge in [-0.2, -0.15) is 5.10 Å². The van der Waals surface area contributed by atoms with E-state index in [2.05, 4.69) is 5.10 Å². The number of nitrogens with zero attached hydrogens (tertiary/aromatic N) is 2. The maximum Gasteiger partial charge on any atom is 0.354 e. The molecule has 1 heterocycles. The van der Waals surface area contributed by atoms with Crippen LogP contribution in [-0.2, 0) is 6.54 Å². The molecule has 0 radical (unpaired) electrons. The van der Waals surface area contributed by atoms with Crippen LogP contribution in [0.3, 0.4) is 0 Å². The Morgan fingerprint density at radius 3 is 2.56 bits per heavy atom. The number of carbonyl (C=O) groups is 1. The molecule has 0 bridgehead atoms. The van der Waals surface area contributed by atoms with Crippen LogP contribution in [0.5, 0.6) is 0 Å². The summed E-state index contributed by atoms with van der Waals surface area (Å²) in [4.78, 5) is 11.0. The number of hydrogen-bond acceptors (Lipinski definition) is 2. The first-order chi connectivity index (χ1) is 8.52. The third-order valence-corrected chi connectivity index (χ3v) is 2.51. The van der Waals surface area contributed by atoms with E-state index in [9.17, 15) is 13.6 Å². The number of rotatable bonds is 3. The SMILES string of the molecule is CCn1nc(-c2ccc(F)c(F)c2)cc1C(=O)O. The van der Waals surface area contributed by atoms with Crippen LogP contribution in [0.4, 0.5) is 8.78 Å². The topological polar surface area (TPSA) is 55.1 Å². The summed E-state index contributed by atoms with van der Waals surface area (Å²) in [5.74, 6) is -3.05. The Labute approximate surface area is 101 Å². The fraction of sp³-hybridized carbons (Fsp3) is 0.167. The molecule has 1 N–H and O–H groups in total. The van der Waals surface area contributed by atoms with Crippen molar-refractivity contribution in [1.29, 1.82) is 0 Å². The molecule has 0 fully saturated rings. The minimum absolute atomic E-state index is 0.0113. The smallest absolute Gasteiger partial charge is 0.354 e. The predicted molar refractivity (Wildman–Crippen MR) is 60.2 cm³/mol. The summed E-state index contributed by atoms with van der Waals surface area (Å²) < 4.78 is 27.2. The van der Waals surface area contributed by atoms with Crippen LogP contribution in [0.25, 0.3) is 11.3 Å². The maximum atomic E-state index is 13.1. The number of benzene rings is 1. The van der Waals surface area contributed by atoms with E-state index in [-0.39, 0.29) is 5.69 Å². The van der Waals surface area contributed by atoms with E-state index in [0.717, 1.165) is 12.1 Å². The monoisotopic (exact) mass is 252 g/mol. The molecule has 1 aromatic carbocycles. The molecule has 2 rings (SSSR count). The molecule has 0 amide bonds. The normalized spacial score (nSPS) is 10.6. The van der Waals surface area contributed by atoms with Crippen LogP contribution in [0.2, 0.25) is 0 Å². The highest BCUT2D eigenvalue weighted by Crippen LogP contribution is 2.21. The van der Waals surface area contributed by atoms with E-state index in [1.165, 1.54) is 16.8 Å². The molecule has 0 spiro atoms. The zero-order valence-corrected chi connectivity index (χ0v) is 9.52. The number of halogens is 2.